The van der Waals surface area contributed by atoms with Gasteiger partial charge in [0, 0.05) is 12.1 Å². The molecule has 0 fully saturated rings. The number of amides is 3. The fourth-order valence-corrected chi connectivity index (χ4v) is 3.74. The van der Waals surface area contributed by atoms with E-state index in [1.165, 1.54) is 0 Å². The summed E-state index contributed by atoms with van der Waals surface area (Å²) in [6.45, 7) is 3.87. The smallest absolute Gasteiger partial charge is 0.262 e. The highest BCUT2D eigenvalue weighted by Gasteiger charge is 2.42. The molecule has 4 rings (SSSR count). The first-order valence-electron chi connectivity index (χ1n) is 10.5. The lowest BCUT2D eigenvalue weighted by molar-refractivity contribution is -0.119. The largest absolute Gasteiger partial charge is 0.491 e. The number of nitrogens with zero attached hydrogens (tertiary/aromatic N) is 1. The van der Waals surface area contributed by atoms with Crippen molar-refractivity contribution in [1.82, 2.24) is 4.90 Å². The van der Waals surface area contributed by atoms with Crippen LogP contribution in [-0.2, 0) is 11.2 Å². The number of carbonyl (C=O) groups is 3. The summed E-state index contributed by atoms with van der Waals surface area (Å²) in [4.78, 5) is 40.5. The van der Waals surface area contributed by atoms with E-state index in [0.717, 1.165) is 10.5 Å². The number of fused-ring (bicyclic) bond motifs is 1. The number of hydrogen-bond acceptors (Lipinski definition) is 4. The molecule has 0 saturated carbocycles. The third-order valence-electron chi connectivity index (χ3n) is 5.21. The van der Waals surface area contributed by atoms with Crippen LogP contribution in [0.25, 0.3) is 0 Å². The number of benzene rings is 3. The minimum absolute atomic E-state index is 0.0412. The van der Waals surface area contributed by atoms with Gasteiger partial charge in [-0.1, -0.05) is 42.5 Å². The van der Waals surface area contributed by atoms with Crippen LogP contribution >= 0.6 is 0 Å². The summed E-state index contributed by atoms with van der Waals surface area (Å²) in [5.41, 5.74) is 2.04. The van der Waals surface area contributed by atoms with Gasteiger partial charge in [0.05, 0.1) is 17.2 Å². The standard InChI is InChI=1S/C26H24N2O4/c1-17(2)32-20-14-12-19(13-15-20)27-24(29)23(16-18-8-4-3-5-9-18)28-25(30)21-10-6-7-11-22(21)26(28)31/h3-15,17,23H,16H2,1-2H3,(H,27,29). The first-order valence-corrected chi connectivity index (χ1v) is 10.5. The zero-order valence-electron chi connectivity index (χ0n) is 17.9. The van der Waals surface area contributed by atoms with Crippen molar-refractivity contribution in [2.45, 2.75) is 32.4 Å². The molecule has 1 atom stereocenters. The number of anilines is 1. The van der Waals surface area contributed by atoms with E-state index in [4.69, 9.17) is 4.74 Å². The third-order valence-corrected chi connectivity index (χ3v) is 5.21. The van der Waals surface area contributed by atoms with Crippen LogP contribution in [0.1, 0.15) is 40.1 Å². The highest BCUT2D eigenvalue weighted by molar-refractivity contribution is 6.23. The Kier molecular flexibility index (Phi) is 6.03. The Morgan fingerprint density at radius 1 is 0.844 bits per heavy atom. The Balaban J connectivity index is 1.61. The second-order valence-electron chi connectivity index (χ2n) is 7.91. The monoisotopic (exact) mass is 428 g/mol. The molecule has 0 bridgehead atoms. The molecule has 3 aromatic rings. The number of hydrogen-bond donors (Lipinski definition) is 1. The van der Waals surface area contributed by atoms with Crippen molar-refractivity contribution in [3.8, 4) is 5.75 Å². The van der Waals surface area contributed by atoms with Gasteiger partial charge in [0.15, 0.2) is 0 Å². The molecule has 1 aliphatic heterocycles. The van der Waals surface area contributed by atoms with Crippen molar-refractivity contribution in [3.63, 3.8) is 0 Å². The molecule has 0 saturated heterocycles. The van der Waals surface area contributed by atoms with Crippen LogP contribution < -0.4 is 10.1 Å². The summed E-state index contributed by atoms with van der Waals surface area (Å²) in [5, 5.41) is 2.85. The first kappa shape index (κ1) is 21.3. The van der Waals surface area contributed by atoms with E-state index in [9.17, 15) is 14.4 Å². The molecule has 1 N–H and O–H groups in total. The molecule has 0 spiro atoms. The minimum Gasteiger partial charge on any atom is -0.491 e. The van der Waals surface area contributed by atoms with Crippen molar-refractivity contribution in [2.24, 2.45) is 0 Å². The molecule has 1 unspecified atom stereocenters. The van der Waals surface area contributed by atoms with Gasteiger partial charge < -0.3 is 10.1 Å². The van der Waals surface area contributed by atoms with Crippen molar-refractivity contribution < 1.29 is 19.1 Å². The number of nitrogens with one attached hydrogen (secondary N) is 1. The molecule has 3 amide bonds. The predicted octanol–water partition coefficient (Wildman–Crippen LogP) is 4.32. The fourth-order valence-electron chi connectivity index (χ4n) is 3.74. The number of ether oxygens (including phenoxy) is 1. The molecule has 3 aromatic carbocycles. The van der Waals surface area contributed by atoms with Crippen LogP contribution in [0.15, 0.2) is 78.9 Å². The Morgan fingerprint density at radius 3 is 1.97 bits per heavy atom. The lowest BCUT2D eigenvalue weighted by Crippen LogP contribution is -2.48. The fraction of sp³-hybridized carbons (Fsp3) is 0.192. The summed E-state index contributed by atoms with van der Waals surface area (Å²) in [7, 11) is 0. The van der Waals surface area contributed by atoms with Crippen LogP contribution in [-0.4, -0.2) is 34.8 Å². The van der Waals surface area contributed by atoms with Gasteiger partial charge in [0.25, 0.3) is 11.8 Å². The number of imide groups is 1. The Hall–Kier alpha value is -3.93. The van der Waals surface area contributed by atoms with Gasteiger partial charge in [0.1, 0.15) is 11.8 Å². The van der Waals surface area contributed by atoms with Gasteiger partial charge in [-0.15, -0.1) is 0 Å². The van der Waals surface area contributed by atoms with Gasteiger partial charge in [-0.2, -0.15) is 0 Å². The van der Waals surface area contributed by atoms with Crippen LogP contribution in [0.5, 0.6) is 5.75 Å². The van der Waals surface area contributed by atoms with Crippen LogP contribution in [0.3, 0.4) is 0 Å². The van der Waals surface area contributed by atoms with E-state index >= 15 is 0 Å². The second kappa shape index (κ2) is 9.06. The first-order chi connectivity index (χ1) is 15.4. The maximum atomic E-state index is 13.3. The lowest BCUT2D eigenvalue weighted by Gasteiger charge is -2.25. The second-order valence-corrected chi connectivity index (χ2v) is 7.91. The zero-order valence-corrected chi connectivity index (χ0v) is 17.9. The zero-order chi connectivity index (χ0) is 22.7. The van der Waals surface area contributed by atoms with Crippen molar-refractivity contribution >= 4 is 23.4 Å². The predicted molar refractivity (Wildman–Crippen MR) is 122 cm³/mol. The van der Waals surface area contributed by atoms with Crippen LogP contribution in [0.4, 0.5) is 5.69 Å². The molecule has 0 aromatic heterocycles. The topological polar surface area (TPSA) is 75.7 Å². The quantitative estimate of drug-likeness (QED) is 0.569. The van der Waals surface area contributed by atoms with E-state index < -0.39 is 23.8 Å². The van der Waals surface area contributed by atoms with Crippen LogP contribution in [0.2, 0.25) is 0 Å². The van der Waals surface area contributed by atoms with Crippen molar-refractivity contribution in [3.05, 3.63) is 95.6 Å². The van der Waals surface area contributed by atoms with Gasteiger partial charge in [0.2, 0.25) is 5.91 Å². The SMILES string of the molecule is CC(C)Oc1ccc(NC(=O)C(Cc2ccccc2)N2C(=O)c3ccccc3C2=O)cc1. The van der Waals surface area contributed by atoms with Gasteiger partial charge in [-0.05, 0) is 55.8 Å². The molecule has 1 aliphatic rings. The molecular formula is C26H24N2O4. The van der Waals surface area contributed by atoms with E-state index in [2.05, 4.69) is 5.32 Å². The highest BCUT2D eigenvalue weighted by atomic mass is 16.5. The molecule has 162 valence electrons. The van der Waals surface area contributed by atoms with Gasteiger partial charge in [-0.3, -0.25) is 19.3 Å². The van der Waals surface area contributed by atoms with E-state index in [1.807, 2.05) is 44.2 Å². The summed E-state index contributed by atoms with van der Waals surface area (Å²) in [6.07, 6.45) is 0.256. The summed E-state index contributed by atoms with van der Waals surface area (Å²) in [6, 6.07) is 22.0. The Bertz CT molecular complexity index is 1110. The maximum Gasteiger partial charge on any atom is 0.262 e. The summed E-state index contributed by atoms with van der Waals surface area (Å²) in [5.74, 6) is -0.648. The normalized spacial score (nSPS) is 13.8. The number of carbonyl (C=O) groups excluding carboxylic acids is 3. The molecule has 0 aliphatic carbocycles. The maximum absolute atomic E-state index is 13.3. The van der Waals surface area contributed by atoms with Crippen molar-refractivity contribution in [2.75, 3.05) is 5.32 Å². The molecule has 6 heteroatoms. The van der Waals surface area contributed by atoms with E-state index in [1.54, 1.807) is 48.5 Å². The van der Waals surface area contributed by atoms with Gasteiger partial charge in [-0.25, -0.2) is 0 Å². The Labute approximate surface area is 186 Å². The summed E-state index contributed by atoms with van der Waals surface area (Å²) < 4.78 is 5.64. The highest BCUT2D eigenvalue weighted by Crippen LogP contribution is 2.27. The number of rotatable bonds is 7. The Morgan fingerprint density at radius 2 is 1.41 bits per heavy atom. The average molecular weight is 428 g/mol. The van der Waals surface area contributed by atoms with Crippen LogP contribution in [0, 0.1) is 0 Å². The molecule has 32 heavy (non-hydrogen) atoms. The van der Waals surface area contributed by atoms with E-state index in [0.29, 0.717) is 22.6 Å². The summed E-state index contributed by atoms with van der Waals surface area (Å²) >= 11 is 0. The lowest BCUT2D eigenvalue weighted by atomic mass is 10.0. The minimum atomic E-state index is -0.989. The van der Waals surface area contributed by atoms with Crippen molar-refractivity contribution in [1.29, 1.82) is 0 Å². The molecule has 6 nitrogen and oxygen atoms in total. The van der Waals surface area contributed by atoms with Gasteiger partial charge >= 0.3 is 0 Å². The average Bonchev–Trinajstić information content (AvgIpc) is 3.04. The molecular weight excluding hydrogens is 404 g/mol. The van der Waals surface area contributed by atoms with E-state index in [-0.39, 0.29) is 12.5 Å². The molecule has 0 radical (unpaired) electrons. The third kappa shape index (κ3) is 4.39. The molecule has 1 heterocycles.